The van der Waals surface area contributed by atoms with E-state index in [0.29, 0.717) is 4.90 Å². The Morgan fingerprint density at radius 1 is 1.19 bits per heavy atom. The summed E-state index contributed by atoms with van der Waals surface area (Å²) in [6, 6.07) is 3.89. The number of aliphatic hydroxyl groups excluding tert-OH is 1. The van der Waals surface area contributed by atoms with Crippen LogP contribution < -0.4 is 5.32 Å². The van der Waals surface area contributed by atoms with E-state index in [9.17, 15) is 22.8 Å². The number of halogens is 3. The predicted octanol–water partition coefficient (Wildman–Crippen LogP) is 1.77. The fourth-order valence-corrected chi connectivity index (χ4v) is 1.49. The molecule has 0 fully saturated rings. The molecular weight excluding hydrogens is 293 g/mol. The maximum Gasteiger partial charge on any atom is 0.406 e. The van der Waals surface area contributed by atoms with E-state index in [4.69, 9.17) is 10.2 Å². The van der Waals surface area contributed by atoms with Crippen molar-refractivity contribution in [2.45, 2.75) is 6.18 Å². The van der Waals surface area contributed by atoms with Crippen molar-refractivity contribution in [3.63, 3.8) is 0 Å². The van der Waals surface area contributed by atoms with Gasteiger partial charge < -0.3 is 20.4 Å². The minimum atomic E-state index is -4.58. The number of hydrogen-bond donors (Lipinski definition) is 3. The summed E-state index contributed by atoms with van der Waals surface area (Å²) in [5.41, 5.74) is 0.130. The van der Waals surface area contributed by atoms with Crippen LogP contribution in [0.15, 0.2) is 24.3 Å². The summed E-state index contributed by atoms with van der Waals surface area (Å²) in [6.45, 7) is -2.58. The molecule has 0 spiro atoms. The molecule has 0 heterocycles. The third kappa shape index (κ3) is 5.69. The molecule has 0 radical (unpaired) electrons. The van der Waals surface area contributed by atoms with Crippen LogP contribution in [0.25, 0.3) is 0 Å². The number of hydrogen-bond acceptors (Lipinski definition) is 3. The Kier molecular flexibility index (Phi) is 5.53. The van der Waals surface area contributed by atoms with E-state index in [2.05, 4.69) is 5.32 Å². The number of carbonyl (C=O) groups excluding carboxylic acids is 1. The van der Waals surface area contributed by atoms with Gasteiger partial charge in [0.15, 0.2) is 0 Å². The molecule has 0 aliphatic rings. The number of aliphatic hydroxyl groups is 1. The Hall–Kier alpha value is -2.29. The minimum Gasteiger partial charge on any atom is -0.478 e. The Bertz CT molecular complexity index is 502. The highest BCUT2D eigenvalue weighted by molar-refractivity contribution is 5.91. The van der Waals surface area contributed by atoms with Crippen molar-refractivity contribution in [2.75, 3.05) is 25.0 Å². The lowest BCUT2D eigenvalue weighted by molar-refractivity contribution is -0.140. The largest absolute Gasteiger partial charge is 0.478 e. The second-order valence-electron chi connectivity index (χ2n) is 4.07. The highest BCUT2D eigenvalue weighted by atomic mass is 19.4. The van der Waals surface area contributed by atoms with E-state index >= 15 is 0 Å². The first-order valence-corrected chi connectivity index (χ1v) is 5.80. The SMILES string of the molecule is O=C(O)c1ccc(NC(=O)N(CCO)CC(F)(F)F)cc1. The zero-order chi connectivity index (χ0) is 16.0. The summed E-state index contributed by atoms with van der Waals surface area (Å²) in [5, 5.41) is 19.6. The maximum atomic E-state index is 12.3. The maximum absolute atomic E-state index is 12.3. The molecule has 21 heavy (non-hydrogen) atoms. The van der Waals surface area contributed by atoms with E-state index in [1.165, 1.54) is 24.3 Å². The number of carboxylic acids is 1. The van der Waals surface area contributed by atoms with Gasteiger partial charge in [0.25, 0.3) is 0 Å². The fourth-order valence-electron chi connectivity index (χ4n) is 1.49. The summed E-state index contributed by atoms with van der Waals surface area (Å²) in [5.74, 6) is -1.16. The number of carbonyl (C=O) groups is 2. The van der Waals surface area contributed by atoms with Gasteiger partial charge in [-0.3, -0.25) is 0 Å². The summed E-state index contributed by atoms with van der Waals surface area (Å²) in [7, 11) is 0. The van der Waals surface area contributed by atoms with Crippen LogP contribution in [0, 0.1) is 0 Å². The van der Waals surface area contributed by atoms with E-state index in [1.54, 1.807) is 0 Å². The van der Waals surface area contributed by atoms with Crippen LogP contribution in [-0.4, -0.2) is 53.0 Å². The molecule has 0 saturated heterocycles. The Morgan fingerprint density at radius 3 is 2.19 bits per heavy atom. The minimum absolute atomic E-state index is 0.0181. The number of rotatable bonds is 5. The van der Waals surface area contributed by atoms with Crippen LogP contribution >= 0.6 is 0 Å². The molecule has 0 saturated carbocycles. The quantitative estimate of drug-likeness (QED) is 0.773. The van der Waals surface area contributed by atoms with Crippen LogP contribution in [0.5, 0.6) is 0 Å². The summed E-state index contributed by atoms with van der Waals surface area (Å²) in [6.07, 6.45) is -4.58. The first-order chi connectivity index (χ1) is 9.73. The van der Waals surface area contributed by atoms with Crippen LogP contribution in [0.2, 0.25) is 0 Å². The van der Waals surface area contributed by atoms with Gasteiger partial charge in [0, 0.05) is 12.2 Å². The Labute approximate surface area is 117 Å². The molecule has 0 bridgehead atoms. The highest BCUT2D eigenvalue weighted by Crippen LogP contribution is 2.17. The monoisotopic (exact) mass is 306 g/mol. The number of amides is 2. The fraction of sp³-hybridized carbons (Fsp3) is 0.333. The Balaban J connectivity index is 2.74. The normalized spacial score (nSPS) is 11.0. The van der Waals surface area contributed by atoms with Crippen LogP contribution in [0.1, 0.15) is 10.4 Å². The zero-order valence-electron chi connectivity index (χ0n) is 10.7. The average molecular weight is 306 g/mol. The van der Waals surface area contributed by atoms with Crippen molar-refractivity contribution in [2.24, 2.45) is 0 Å². The molecule has 0 aliphatic heterocycles. The molecular formula is C12H13F3N2O4. The molecule has 2 amide bonds. The standard InChI is InChI=1S/C12H13F3N2O4/c13-12(14,15)7-17(5-6-18)11(21)16-9-3-1-8(2-4-9)10(19)20/h1-4,18H,5-7H2,(H,16,21)(H,19,20). The molecule has 3 N–H and O–H groups in total. The third-order valence-corrected chi connectivity index (χ3v) is 2.41. The number of urea groups is 1. The second-order valence-corrected chi connectivity index (χ2v) is 4.07. The molecule has 1 aromatic rings. The van der Waals surface area contributed by atoms with Gasteiger partial charge in [0.05, 0.1) is 12.2 Å². The van der Waals surface area contributed by atoms with Gasteiger partial charge in [-0.25, -0.2) is 9.59 Å². The number of nitrogens with zero attached hydrogens (tertiary/aromatic N) is 1. The first kappa shape index (κ1) is 16.8. The lowest BCUT2D eigenvalue weighted by Crippen LogP contribution is -2.43. The zero-order valence-corrected chi connectivity index (χ0v) is 10.7. The van der Waals surface area contributed by atoms with Crippen LogP contribution in [0.4, 0.5) is 23.7 Å². The smallest absolute Gasteiger partial charge is 0.406 e. The van der Waals surface area contributed by atoms with Crippen molar-refractivity contribution >= 4 is 17.7 Å². The van der Waals surface area contributed by atoms with Gasteiger partial charge in [0.1, 0.15) is 6.54 Å². The van der Waals surface area contributed by atoms with Gasteiger partial charge in [-0.1, -0.05) is 0 Å². The van der Waals surface area contributed by atoms with E-state index in [1.807, 2.05) is 0 Å². The molecule has 1 rings (SSSR count). The van der Waals surface area contributed by atoms with Gasteiger partial charge >= 0.3 is 18.2 Å². The van der Waals surface area contributed by atoms with E-state index in [-0.39, 0.29) is 11.3 Å². The van der Waals surface area contributed by atoms with Gasteiger partial charge in [-0.05, 0) is 24.3 Å². The lowest BCUT2D eigenvalue weighted by Gasteiger charge is -2.23. The van der Waals surface area contributed by atoms with Crippen molar-refractivity contribution in [1.29, 1.82) is 0 Å². The Morgan fingerprint density at radius 2 is 1.76 bits per heavy atom. The van der Waals surface area contributed by atoms with Crippen molar-refractivity contribution in [1.82, 2.24) is 4.90 Å². The highest BCUT2D eigenvalue weighted by Gasteiger charge is 2.32. The average Bonchev–Trinajstić information content (AvgIpc) is 2.37. The molecule has 6 nitrogen and oxygen atoms in total. The molecule has 0 unspecified atom stereocenters. The second kappa shape index (κ2) is 6.93. The van der Waals surface area contributed by atoms with E-state index < -0.39 is 37.9 Å². The summed E-state index contributed by atoms with van der Waals surface area (Å²) in [4.78, 5) is 22.7. The third-order valence-electron chi connectivity index (χ3n) is 2.41. The molecule has 1 aromatic carbocycles. The van der Waals surface area contributed by atoms with E-state index in [0.717, 1.165) is 0 Å². The molecule has 9 heteroatoms. The molecule has 0 atom stereocenters. The number of alkyl halides is 3. The topological polar surface area (TPSA) is 89.9 Å². The number of nitrogens with one attached hydrogen (secondary N) is 1. The van der Waals surface area contributed by atoms with Crippen molar-refractivity contribution in [3.8, 4) is 0 Å². The molecule has 0 aliphatic carbocycles. The number of carboxylic acid groups (broad SMARTS) is 1. The van der Waals surface area contributed by atoms with Crippen LogP contribution in [0.3, 0.4) is 0 Å². The van der Waals surface area contributed by atoms with Gasteiger partial charge in [-0.2, -0.15) is 13.2 Å². The van der Waals surface area contributed by atoms with Gasteiger partial charge in [0.2, 0.25) is 0 Å². The lowest BCUT2D eigenvalue weighted by atomic mass is 10.2. The molecule has 116 valence electrons. The summed E-state index contributed by atoms with van der Waals surface area (Å²) >= 11 is 0. The molecule has 0 aromatic heterocycles. The number of benzene rings is 1. The van der Waals surface area contributed by atoms with Crippen molar-refractivity contribution in [3.05, 3.63) is 29.8 Å². The van der Waals surface area contributed by atoms with Crippen LogP contribution in [-0.2, 0) is 0 Å². The van der Waals surface area contributed by atoms with Crippen molar-refractivity contribution < 1.29 is 33.0 Å². The van der Waals surface area contributed by atoms with Gasteiger partial charge in [-0.15, -0.1) is 0 Å². The summed E-state index contributed by atoms with van der Waals surface area (Å²) < 4.78 is 36.9. The first-order valence-electron chi connectivity index (χ1n) is 5.80. The number of anilines is 1. The number of aromatic carboxylic acids is 1. The predicted molar refractivity (Wildman–Crippen MR) is 67.1 cm³/mol.